The lowest BCUT2D eigenvalue weighted by Gasteiger charge is -2.12. The third-order valence-corrected chi connectivity index (χ3v) is 3.92. The SMILES string of the molecule is CS(=O)(=O)CCCN1C(=O)c2ccc(N)cc2C1=O. The third kappa shape index (κ3) is 2.76. The van der Waals surface area contributed by atoms with Crippen molar-refractivity contribution >= 4 is 27.3 Å². The minimum absolute atomic E-state index is 0.0530. The molecule has 102 valence electrons. The molecule has 7 heteroatoms. The number of carbonyl (C=O) groups excluding carboxylic acids is 2. The fourth-order valence-corrected chi connectivity index (χ4v) is 2.65. The molecule has 0 bridgehead atoms. The topological polar surface area (TPSA) is 97.5 Å². The predicted octanol–water partition coefficient (Wildman–Crippen LogP) is 0.300. The summed E-state index contributed by atoms with van der Waals surface area (Å²) in [5.41, 5.74) is 6.59. The molecule has 0 atom stereocenters. The minimum atomic E-state index is -3.09. The number of anilines is 1. The number of amides is 2. The van der Waals surface area contributed by atoms with Crippen molar-refractivity contribution in [1.82, 2.24) is 4.90 Å². The second-order valence-electron chi connectivity index (χ2n) is 4.55. The highest BCUT2D eigenvalue weighted by molar-refractivity contribution is 7.90. The van der Waals surface area contributed by atoms with Gasteiger partial charge in [0.15, 0.2) is 0 Å². The number of imide groups is 1. The van der Waals surface area contributed by atoms with Gasteiger partial charge in [-0.15, -0.1) is 0 Å². The van der Waals surface area contributed by atoms with Crippen molar-refractivity contribution in [3.8, 4) is 0 Å². The summed E-state index contributed by atoms with van der Waals surface area (Å²) in [5.74, 6) is -0.864. The van der Waals surface area contributed by atoms with Crippen LogP contribution in [-0.4, -0.2) is 43.7 Å². The number of sulfone groups is 1. The van der Waals surface area contributed by atoms with Crippen molar-refractivity contribution in [2.24, 2.45) is 0 Å². The number of fused-ring (bicyclic) bond motifs is 1. The molecule has 0 aromatic heterocycles. The zero-order chi connectivity index (χ0) is 14.2. The van der Waals surface area contributed by atoms with Gasteiger partial charge in [0.05, 0.1) is 16.9 Å². The smallest absolute Gasteiger partial charge is 0.261 e. The second kappa shape index (κ2) is 4.65. The first kappa shape index (κ1) is 13.5. The van der Waals surface area contributed by atoms with Crippen LogP contribution >= 0.6 is 0 Å². The summed E-state index contributed by atoms with van der Waals surface area (Å²) in [7, 11) is -3.09. The van der Waals surface area contributed by atoms with Crippen LogP contribution in [0.1, 0.15) is 27.1 Å². The molecule has 0 unspecified atom stereocenters. The summed E-state index contributed by atoms with van der Waals surface area (Å²) in [6, 6.07) is 4.54. The molecule has 1 aliphatic heterocycles. The molecule has 1 aliphatic rings. The Hall–Kier alpha value is -1.89. The van der Waals surface area contributed by atoms with Crippen LogP contribution in [0.5, 0.6) is 0 Å². The molecule has 2 amide bonds. The predicted molar refractivity (Wildman–Crippen MR) is 70.5 cm³/mol. The molecule has 0 saturated carbocycles. The van der Waals surface area contributed by atoms with Crippen molar-refractivity contribution in [3.05, 3.63) is 29.3 Å². The van der Waals surface area contributed by atoms with E-state index in [1.807, 2.05) is 0 Å². The quantitative estimate of drug-likeness (QED) is 0.632. The lowest BCUT2D eigenvalue weighted by molar-refractivity contribution is 0.0654. The van der Waals surface area contributed by atoms with Crippen LogP contribution < -0.4 is 5.73 Å². The monoisotopic (exact) mass is 282 g/mol. The fraction of sp³-hybridized carbons (Fsp3) is 0.333. The Morgan fingerprint density at radius 3 is 2.42 bits per heavy atom. The largest absolute Gasteiger partial charge is 0.399 e. The molecular formula is C12H14N2O4S. The normalized spacial score (nSPS) is 14.9. The zero-order valence-electron chi connectivity index (χ0n) is 10.4. The summed E-state index contributed by atoms with van der Waals surface area (Å²) in [4.78, 5) is 25.1. The molecule has 0 fully saturated rings. The Labute approximate surface area is 111 Å². The van der Waals surface area contributed by atoms with Gasteiger partial charge in [-0.1, -0.05) is 0 Å². The number of hydrogen-bond donors (Lipinski definition) is 1. The van der Waals surface area contributed by atoms with Gasteiger partial charge in [0, 0.05) is 18.5 Å². The first-order valence-corrected chi connectivity index (χ1v) is 7.79. The Balaban J connectivity index is 2.14. The fourth-order valence-electron chi connectivity index (χ4n) is 2.00. The van der Waals surface area contributed by atoms with E-state index in [9.17, 15) is 18.0 Å². The van der Waals surface area contributed by atoms with Gasteiger partial charge in [-0.05, 0) is 24.6 Å². The Bertz CT molecular complexity index is 652. The highest BCUT2D eigenvalue weighted by Gasteiger charge is 2.35. The van der Waals surface area contributed by atoms with Crippen LogP contribution in [0, 0.1) is 0 Å². The van der Waals surface area contributed by atoms with Crippen molar-refractivity contribution < 1.29 is 18.0 Å². The van der Waals surface area contributed by atoms with Gasteiger partial charge < -0.3 is 5.73 Å². The lowest BCUT2D eigenvalue weighted by atomic mass is 10.1. The average molecular weight is 282 g/mol. The molecule has 2 N–H and O–H groups in total. The van der Waals surface area contributed by atoms with Crippen LogP contribution in [0.15, 0.2) is 18.2 Å². The van der Waals surface area contributed by atoms with Crippen molar-refractivity contribution in [2.75, 3.05) is 24.3 Å². The minimum Gasteiger partial charge on any atom is -0.399 e. The highest BCUT2D eigenvalue weighted by Crippen LogP contribution is 2.24. The molecule has 0 saturated heterocycles. The van der Waals surface area contributed by atoms with Crippen LogP contribution in [0.2, 0.25) is 0 Å². The standard InChI is InChI=1S/C12H14N2O4S/c1-19(17,18)6-2-5-14-11(15)9-4-3-8(13)7-10(9)12(14)16/h3-4,7H,2,5-6,13H2,1H3. The molecule has 2 rings (SSSR count). The zero-order valence-corrected chi connectivity index (χ0v) is 11.2. The first-order chi connectivity index (χ1) is 8.79. The van der Waals surface area contributed by atoms with Gasteiger partial charge in [-0.3, -0.25) is 14.5 Å². The average Bonchev–Trinajstić information content (AvgIpc) is 2.52. The van der Waals surface area contributed by atoms with E-state index >= 15 is 0 Å². The summed E-state index contributed by atoms with van der Waals surface area (Å²) in [6.07, 6.45) is 1.36. The third-order valence-electron chi connectivity index (χ3n) is 2.89. The van der Waals surface area contributed by atoms with E-state index in [2.05, 4.69) is 0 Å². The number of nitrogens with zero attached hydrogens (tertiary/aromatic N) is 1. The van der Waals surface area contributed by atoms with Gasteiger partial charge in [0.25, 0.3) is 11.8 Å². The van der Waals surface area contributed by atoms with Gasteiger partial charge in [0.2, 0.25) is 0 Å². The van der Waals surface area contributed by atoms with Crippen molar-refractivity contribution in [1.29, 1.82) is 0 Å². The molecule has 0 radical (unpaired) electrons. The molecule has 1 aromatic rings. The maximum Gasteiger partial charge on any atom is 0.261 e. The highest BCUT2D eigenvalue weighted by atomic mass is 32.2. The molecule has 1 aromatic carbocycles. The molecule has 1 heterocycles. The van der Waals surface area contributed by atoms with Gasteiger partial charge in [0.1, 0.15) is 9.84 Å². The number of nitrogen functional groups attached to an aromatic ring is 1. The van der Waals surface area contributed by atoms with Crippen LogP contribution in [0.4, 0.5) is 5.69 Å². The summed E-state index contributed by atoms with van der Waals surface area (Å²) >= 11 is 0. The van der Waals surface area contributed by atoms with Crippen LogP contribution in [-0.2, 0) is 9.84 Å². The number of rotatable bonds is 4. The van der Waals surface area contributed by atoms with Gasteiger partial charge >= 0.3 is 0 Å². The van der Waals surface area contributed by atoms with E-state index in [1.165, 1.54) is 12.1 Å². The van der Waals surface area contributed by atoms with Crippen molar-refractivity contribution in [3.63, 3.8) is 0 Å². The van der Waals surface area contributed by atoms with Gasteiger partial charge in [-0.2, -0.15) is 0 Å². The van der Waals surface area contributed by atoms with E-state index in [0.29, 0.717) is 11.3 Å². The number of benzene rings is 1. The van der Waals surface area contributed by atoms with Crippen LogP contribution in [0.3, 0.4) is 0 Å². The van der Waals surface area contributed by atoms with E-state index in [1.54, 1.807) is 6.07 Å². The molecule has 19 heavy (non-hydrogen) atoms. The molecular weight excluding hydrogens is 268 g/mol. The van der Waals surface area contributed by atoms with E-state index < -0.39 is 21.7 Å². The second-order valence-corrected chi connectivity index (χ2v) is 6.81. The summed E-state index contributed by atoms with van der Waals surface area (Å²) in [6.45, 7) is 0.0965. The molecule has 0 spiro atoms. The van der Waals surface area contributed by atoms with Crippen molar-refractivity contribution in [2.45, 2.75) is 6.42 Å². The van der Waals surface area contributed by atoms with E-state index in [4.69, 9.17) is 5.73 Å². The number of carbonyl (C=O) groups is 2. The lowest BCUT2D eigenvalue weighted by Crippen LogP contribution is -2.31. The van der Waals surface area contributed by atoms with E-state index in [0.717, 1.165) is 11.2 Å². The summed E-state index contributed by atoms with van der Waals surface area (Å²) < 4.78 is 22.1. The summed E-state index contributed by atoms with van der Waals surface area (Å²) in [5, 5.41) is 0. The number of nitrogens with two attached hydrogens (primary N) is 1. The van der Waals surface area contributed by atoms with Gasteiger partial charge in [-0.25, -0.2) is 8.42 Å². The Morgan fingerprint density at radius 2 is 1.79 bits per heavy atom. The van der Waals surface area contributed by atoms with E-state index in [-0.39, 0.29) is 24.3 Å². The Morgan fingerprint density at radius 1 is 1.16 bits per heavy atom. The number of hydrogen-bond acceptors (Lipinski definition) is 5. The van der Waals surface area contributed by atoms with Crippen LogP contribution in [0.25, 0.3) is 0 Å². The Kier molecular flexibility index (Phi) is 3.32. The maximum absolute atomic E-state index is 12.0. The first-order valence-electron chi connectivity index (χ1n) is 5.73. The molecule has 6 nitrogen and oxygen atoms in total. The maximum atomic E-state index is 12.0. The molecule has 0 aliphatic carbocycles.